The molecule has 106 valence electrons. The van der Waals surface area contributed by atoms with Crippen LogP contribution in [0, 0.1) is 0 Å². The number of aromatic nitrogens is 2. The number of benzene rings is 1. The van der Waals surface area contributed by atoms with Gasteiger partial charge in [-0.25, -0.2) is 0 Å². The molecule has 0 aliphatic carbocycles. The molecule has 1 aromatic carbocycles. The van der Waals surface area contributed by atoms with Crippen LogP contribution in [0.25, 0.3) is 11.4 Å². The molecule has 0 amide bonds. The van der Waals surface area contributed by atoms with Gasteiger partial charge < -0.3 is 14.4 Å². The number of aryl methyl sites for hydroxylation is 1. The lowest BCUT2D eigenvalue weighted by atomic mass is 10.0. The largest absolute Gasteiger partial charge is 0.508 e. The zero-order valence-electron chi connectivity index (χ0n) is 11.3. The van der Waals surface area contributed by atoms with Crippen molar-refractivity contribution in [3.05, 3.63) is 30.2 Å². The van der Waals surface area contributed by atoms with Crippen molar-refractivity contribution in [1.29, 1.82) is 0 Å². The standard InChI is InChI=1S/C15H18N2O3/c18-12-5-3-4-11(10-12)15-16-14(20-17-15)8-7-13-6-1-2-9-19-13/h3-5,10,13,18H,1-2,6-9H2. The number of phenolic OH excluding ortho intramolecular Hbond substituents is 1. The Morgan fingerprint density at radius 3 is 3.05 bits per heavy atom. The van der Waals surface area contributed by atoms with E-state index >= 15 is 0 Å². The number of aromatic hydroxyl groups is 1. The monoisotopic (exact) mass is 274 g/mol. The van der Waals surface area contributed by atoms with Gasteiger partial charge in [-0.2, -0.15) is 4.98 Å². The molecule has 3 rings (SSSR count). The summed E-state index contributed by atoms with van der Waals surface area (Å²) in [5, 5.41) is 13.4. The predicted molar refractivity (Wildman–Crippen MR) is 73.3 cm³/mol. The maximum Gasteiger partial charge on any atom is 0.227 e. The fourth-order valence-electron chi connectivity index (χ4n) is 2.44. The Morgan fingerprint density at radius 2 is 2.25 bits per heavy atom. The molecule has 20 heavy (non-hydrogen) atoms. The van der Waals surface area contributed by atoms with Crippen LogP contribution in [-0.2, 0) is 11.2 Å². The summed E-state index contributed by atoms with van der Waals surface area (Å²) in [4.78, 5) is 4.36. The first-order valence-corrected chi connectivity index (χ1v) is 7.05. The normalized spacial score (nSPS) is 19.1. The van der Waals surface area contributed by atoms with Crippen LogP contribution in [0.15, 0.2) is 28.8 Å². The van der Waals surface area contributed by atoms with E-state index in [-0.39, 0.29) is 5.75 Å². The summed E-state index contributed by atoms with van der Waals surface area (Å²) in [5.41, 5.74) is 0.758. The maximum atomic E-state index is 9.45. The molecule has 0 bridgehead atoms. The average Bonchev–Trinajstić information content (AvgIpc) is 2.95. The second kappa shape index (κ2) is 6.05. The molecule has 0 radical (unpaired) electrons. The van der Waals surface area contributed by atoms with E-state index in [1.165, 1.54) is 12.8 Å². The van der Waals surface area contributed by atoms with Crippen molar-refractivity contribution in [2.24, 2.45) is 0 Å². The topological polar surface area (TPSA) is 68.4 Å². The summed E-state index contributed by atoms with van der Waals surface area (Å²) in [6.07, 6.45) is 5.49. The van der Waals surface area contributed by atoms with Crippen LogP contribution in [0.2, 0.25) is 0 Å². The molecule has 1 aliphatic rings. The van der Waals surface area contributed by atoms with E-state index in [0.29, 0.717) is 17.8 Å². The molecule has 1 aromatic heterocycles. The van der Waals surface area contributed by atoms with Crippen molar-refractivity contribution in [3.8, 4) is 17.1 Å². The molecule has 0 spiro atoms. The Hall–Kier alpha value is -1.88. The van der Waals surface area contributed by atoms with Crippen LogP contribution in [0.1, 0.15) is 31.6 Å². The summed E-state index contributed by atoms with van der Waals surface area (Å²) < 4.78 is 10.9. The smallest absolute Gasteiger partial charge is 0.227 e. The van der Waals surface area contributed by atoms with Crippen LogP contribution in [0.4, 0.5) is 0 Å². The van der Waals surface area contributed by atoms with E-state index in [4.69, 9.17) is 9.26 Å². The number of ether oxygens (including phenoxy) is 1. The average molecular weight is 274 g/mol. The van der Waals surface area contributed by atoms with E-state index in [1.807, 2.05) is 6.07 Å². The van der Waals surface area contributed by atoms with Crippen LogP contribution in [-0.4, -0.2) is 28.0 Å². The van der Waals surface area contributed by atoms with E-state index in [2.05, 4.69) is 10.1 Å². The third-order valence-corrected chi connectivity index (χ3v) is 3.53. The van der Waals surface area contributed by atoms with Gasteiger partial charge in [0.2, 0.25) is 11.7 Å². The summed E-state index contributed by atoms with van der Waals surface area (Å²) in [5.74, 6) is 1.34. The first-order valence-electron chi connectivity index (χ1n) is 7.05. The number of nitrogens with zero attached hydrogens (tertiary/aromatic N) is 2. The Balaban J connectivity index is 1.61. The van der Waals surface area contributed by atoms with Gasteiger partial charge in [-0.3, -0.25) is 0 Å². The van der Waals surface area contributed by atoms with Gasteiger partial charge >= 0.3 is 0 Å². The quantitative estimate of drug-likeness (QED) is 0.928. The molecule has 1 N–H and O–H groups in total. The van der Waals surface area contributed by atoms with Crippen molar-refractivity contribution in [2.75, 3.05) is 6.61 Å². The van der Waals surface area contributed by atoms with Crippen LogP contribution < -0.4 is 0 Å². The van der Waals surface area contributed by atoms with Crippen LogP contribution in [0.5, 0.6) is 5.75 Å². The van der Waals surface area contributed by atoms with Gasteiger partial charge in [0.05, 0.1) is 6.10 Å². The van der Waals surface area contributed by atoms with Crippen LogP contribution >= 0.6 is 0 Å². The number of phenols is 1. The number of rotatable bonds is 4. The summed E-state index contributed by atoms with van der Waals surface area (Å²) in [7, 11) is 0. The minimum Gasteiger partial charge on any atom is -0.508 e. The van der Waals surface area contributed by atoms with Crippen molar-refractivity contribution in [2.45, 2.75) is 38.2 Å². The minimum atomic E-state index is 0.199. The van der Waals surface area contributed by atoms with E-state index in [0.717, 1.165) is 31.4 Å². The molecule has 1 atom stereocenters. The SMILES string of the molecule is Oc1cccc(-c2noc(CCC3CCCCO3)n2)c1. The predicted octanol–water partition coefficient (Wildman–Crippen LogP) is 2.94. The van der Waals surface area contributed by atoms with Crippen molar-refractivity contribution in [1.82, 2.24) is 10.1 Å². The zero-order valence-corrected chi connectivity index (χ0v) is 11.3. The Morgan fingerprint density at radius 1 is 1.30 bits per heavy atom. The molecule has 2 heterocycles. The minimum absolute atomic E-state index is 0.199. The van der Waals surface area contributed by atoms with Crippen molar-refractivity contribution in [3.63, 3.8) is 0 Å². The fourth-order valence-corrected chi connectivity index (χ4v) is 2.44. The summed E-state index contributed by atoms with van der Waals surface area (Å²) in [6.45, 7) is 0.864. The lowest BCUT2D eigenvalue weighted by molar-refractivity contribution is 0.0104. The molecule has 1 unspecified atom stereocenters. The zero-order chi connectivity index (χ0) is 13.8. The van der Waals surface area contributed by atoms with Gasteiger partial charge in [0.15, 0.2) is 0 Å². The second-order valence-electron chi connectivity index (χ2n) is 5.09. The van der Waals surface area contributed by atoms with Crippen LogP contribution in [0.3, 0.4) is 0 Å². The molecular formula is C15H18N2O3. The highest BCUT2D eigenvalue weighted by molar-refractivity contribution is 5.56. The molecular weight excluding hydrogens is 256 g/mol. The third kappa shape index (κ3) is 3.17. The van der Waals surface area contributed by atoms with Gasteiger partial charge in [0.1, 0.15) is 5.75 Å². The molecule has 5 heteroatoms. The maximum absolute atomic E-state index is 9.45. The van der Waals surface area contributed by atoms with Crippen molar-refractivity contribution < 1.29 is 14.4 Å². The second-order valence-corrected chi connectivity index (χ2v) is 5.09. The third-order valence-electron chi connectivity index (χ3n) is 3.53. The number of hydrogen-bond acceptors (Lipinski definition) is 5. The highest BCUT2D eigenvalue weighted by Gasteiger charge is 2.16. The van der Waals surface area contributed by atoms with Gasteiger partial charge in [-0.05, 0) is 37.8 Å². The Labute approximate surface area is 117 Å². The van der Waals surface area contributed by atoms with Gasteiger partial charge in [0, 0.05) is 18.6 Å². The van der Waals surface area contributed by atoms with Gasteiger partial charge in [-0.1, -0.05) is 17.3 Å². The first-order chi connectivity index (χ1) is 9.81. The molecule has 1 fully saturated rings. The summed E-state index contributed by atoms with van der Waals surface area (Å²) in [6, 6.07) is 6.85. The lowest BCUT2D eigenvalue weighted by Crippen LogP contribution is -2.19. The fraction of sp³-hybridized carbons (Fsp3) is 0.467. The molecule has 5 nitrogen and oxygen atoms in total. The highest BCUT2D eigenvalue weighted by atomic mass is 16.5. The molecule has 0 saturated carbocycles. The van der Waals surface area contributed by atoms with Gasteiger partial charge in [0.25, 0.3) is 0 Å². The highest BCUT2D eigenvalue weighted by Crippen LogP contribution is 2.22. The van der Waals surface area contributed by atoms with E-state index < -0.39 is 0 Å². The summed E-state index contributed by atoms with van der Waals surface area (Å²) >= 11 is 0. The Kier molecular flexibility index (Phi) is 3.97. The first kappa shape index (κ1) is 13.1. The number of hydrogen-bond donors (Lipinski definition) is 1. The lowest BCUT2D eigenvalue weighted by Gasteiger charge is -2.21. The van der Waals surface area contributed by atoms with Crippen molar-refractivity contribution >= 4 is 0 Å². The molecule has 1 aliphatic heterocycles. The van der Waals surface area contributed by atoms with E-state index in [9.17, 15) is 5.11 Å². The van der Waals surface area contributed by atoms with E-state index in [1.54, 1.807) is 18.2 Å². The van der Waals surface area contributed by atoms with Gasteiger partial charge in [-0.15, -0.1) is 0 Å². The Bertz CT molecular complexity index is 562. The molecule has 1 saturated heterocycles. The molecule has 2 aromatic rings.